The molecular formula is C14H15N3S. The smallest absolute Gasteiger partial charge is 0.137 e. The molecule has 0 saturated heterocycles. The molecule has 4 heteroatoms. The van der Waals surface area contributed by atoms with Crippen LogP contribution in [0.25, 0.3) is 11.0 Å². The minimum atomic E-state index is 0.381. The summed E-state index contributed by atoms with van der Waals surface area (Å²) in [6.45, 7) is 3.05. The summed E-state index contributed by atoms with van der Waals surface area (Å²) in [7, 11) is 0. The minimum Gasteiger partial charge on any atom is -0.346 e. The molecule has 3 rings (SSSR count). The van der Waals surface area contributed by atoms with E-state index in [-0.39, 0.29) is 0 Å². The zero-order chi connectivity index (χ0) is 12.4. The van der Waals surface area contributed by atoms with E-state index in [1.165, 1.54) is 15.8 Å². The van der Waals surface area contributed by atoms with E-state index in [9.17, 15) is 0 Å². The first kappa shape index (κ1) is 11.4. The fourth-order valence-corrected chi connectivity index (χ4v) is 2.82. The summed E-state index contributed by atoms with van der Waals surface area (Å²) < 4.78 is 0. The number of H-pyrrole nitrogens is 1. The van der Waals surface area contributed by atoms with Crippen LogP contribution >= 0.6 is 11.3 Å². The first-order chi connectivity index (χ1) is 8.84. The summed E-state index contributed by atoms with van der Waals surface area (Å²) in [5.74, 6) is 0. The Bertz CT molecular complexity index is 627. The Morgan fingerprint density at radius 3 is 3.17 bits per heavy atom. The van der Waals surface area contributed by atoms with Gasteiger partial charge in [-0.15, -0.1) is 11.3 Å². The van der Waals surface area contributed by atoms with Gasteiger partial charge in [-0.25, -0.2) is 4.98 Å². The Balaban J connectivity index is 1.73. The Kier molecular flexibility index (Phi) is 3.13. The fourth-order valence-electron chi connectivity index (χ4n) is 2.06. The monoisotopic (exact) mass is 257 g/mol. The summed E-state index contributed by atoms with van der Waals surface area (Å²) in [4.78, 5) is 8.86. The summed E-state index contributed by atoms with van der Waals surface area (Å²) in [6.07, 6.45) is 3.84. The second-order valence-electron chi connectivity index (χ2n) is 4.33. The predicted octanol–water partition coefficient (Wildman–Crippen LogP) is 3.48. The molecule has 92 valence electrons. The van der Waals surface area contributed by atoms with E-state index in [4.69, 9.17) is 0 Å². The number of aromatic nitrogens is 2. The maximum Gasteiger partial charge on any atom is 0.137 e. The zero-order valence-electron chi connectivity index (χ0n) is 10.2. The summed E-state index contributed by atoms with van der Waals surface area (Å²) in [5.41, 5.74) is 2.22. The zero-order valence-corrected chi connectivity index (χ0v) is 11.0. The highest BCUT2D eigenvalue weighted by Gasteiger charge is 2.08. The van der Waals surface area contributed by atoms with E-state index in [1.54, 1.807) is 11.3 Å². The lowest BCUT2D eigenvalue weighted by Gasteiger charge is -2.11. The van der Waals surface area contributed by atoms with E-state index in [1.807, 2.05) is 18.5 Å². The van der Waals surface area contributed by atoms with Gasteiger partial charge in [-0.05, 0) is 36.1 Å². The van der Waals surface area contributed by atoms with Crippen LogP contribution in [-0.4, -0.2) is 9.97 Å². The van der Waals surface area contributed by atoms with Crippen molar-refractivity contribution in [3.8, 4) is 0 Å². The van der Waals surface area contributed by atoms with Gasteiger partial charge in [-0.3, -0.25) is 0 Å². The maximum absolute atomic E-state index is 4.30. The molecule has 0 spiro atoms. The summed E-state index contributed by atoms with van der Waals surface area (Å²) >= 11 is 1.79. The van der Waals surface area contributed by atoms with Gasteiger partial charge in [0.25, 0.3) is 0 Å². The van der Waals surface area contributed by atoms with Crippen molar-refractivity contribution in [3.05, 3.63) is 52.5 Å². The molecule has 0 aromatic carbocycles. The number of hydrogen-bond donors (Lipinski definition) is 2. The molecule has 18 heavy (non-hydrogen) atoms. The average molecular weight is 257 g/mol. The van der Waals surface area contributed by atoms with Crippen molar-refractivity contribution in [2.24, 2.45) is 0 Å². The van der Waals surface area contributed by atoms with Crippen LogP contribution in [0.1, 0.15) is 23.4 Å². The quantitative estimate of drug-likeness (QED) is 0.751. The van der Waals surface area contributed by atoms with Crippen LogP contribution in [0, 0.1) is 0 Å². The van der Waals surface area contributed by atoms with Crippen LogP contribution in [-0.2, 0) is 6.54 Å². The van der Waals surface area contributed by atoms with E-state index < -0.39 is 0 Å². The Morgan fingerprint density at radius 1 is 1.39 bits per heavy atom. The third kappa shape index (κ3) is 2.17. The van der Waals surface area contributed by atoms with Crippen LogP contribution < -0.4 is 5.32 Å². The molecule has 2 N–H and O–H groups in total. The minimum absolute atomic E-state index is 0.381. The Hall–Kier alpha value is -1.65. The number of rotatable bonds is 4. The van der Waals surface area contributed by atoms with Gasteiger partial charge in [0.2, 0.25) is 0 Å². The molecule has 3 aromatic rings. The van der Waals surface area contributed by atoms with Gasteiger partial charge in [0, 0.05) is 35.2 Å². The molecule has 3 aromatic heterocycles. The lowest BCUT2D eigenvalue weighted by atomic mass is 10.2. The number of thiophene rings is 1. The molecule has 3 heterocycles. The predicted molar refractivity (Wildman–Crippen MR) is 75.7 cm³/mol. The number of aromatic amines is 1. The van der Waals surface area contributed by atoms with Crippen LogP contribution in [0.5, 0.6) is 0 Å². The maximum atomic E-state index is 4.30. The third-order valence-electron chi connectivity index (χ3n) is 3.11. The standard InChI is InChI=1S/C14H15N3S/c1-10(13-5-3-7-18-13)16-8-11-9-17-14-12(11)4-2-6-15-14/h2-7,9-10,16H,8H2,1H3,(H,15,17)/t10-/m0/s1. The van der Waals surface area contributed by atoms with Crippen molar-refractivity contribution < 1.29 is 0 Å². The Morgan fingerprint density at radius 2 is 2.33 bits per heavy atom. The van der Waals surface area contributed by atoms with Gasteiger partial charge < -0.3 is 10.3 Å². The van der Waals surface area contributed by atoms with Gasteiger partial charge in [-0.1, -0.05) is 6.07 Å². The van der Waals surface area contributed by atoms with Gasteiger partial charge in [-0.2, -0.15) is 0 Å². The second-order valence-corrected chi connectivity index (χ2v) is 5.31. The van der Waals surface area contributed by atoms with Crippen molar-refractivity contribution in [3.63, 3.8) is 0 Å². The first-order valence-electron chi connectivity index (χ1n) is 6.02. The van der Waals surface area contributed by atoms with Crippen LogP contribution in [0.3, 0.4) is 0 Å². The molecule has 0 bridgehead atoms. The molecule has 1 atom stereocenters. The molecule has 0 radical (unpaired) electrons. The van der Waals surface area contributed by atoms with E-state index in [2.05, 4.69) is 45.8 Å². The van der Waals surface area contributed by atoms with E-state index >= 15 is 0 Å². The second kappa shape index (κ2) is 4.92. The molecule has 0 aliphatic rings. The molecule has 0 amide bonds. The number of nitrogens with one attached hydrogen (secondary N) is 2. The molecule has 0 aliphatic heterocycles. The molecule has 0 unspecified atom stereocenters. The first-order valence-corrected chi connectivity index (χ1v) is 6.90. The molecule has 0 saturated carbocycles. The van der Waals surface area contributed by atoms with Crippen molar-refractivity contribution in [2.45, 2.75) is 19.5 Å². The fraction of sp³-hybridized carbons (Fsp3) is 0.214. The average Bonchev–Trinajstić information content (AvgIpc) is 3.06. The van der Waals surface area contributed by atoms with Crippen LogP contribution in [0.2, 0.25) is 0 Å². The topological polar surface area (TPSA) is 40.7 Å². The van der Waals surface area contributed by atoms with Crippen molar-refractivity contribution in [2.75, 3.05) is 0 Å². The highest BCUT2D eigenvalue weighted by molar-refractivity contribution is 7.10. The highest BCUT2D eigenvalue weighted by Crippen LogP contribution is 2.20. The van der Waals surface area contributed by atoms with Crippen molar-refractivity contribution in [1.29, 1.82) is 0 Å². The summed E-state index contributed by atoms with van der Waals surface area (Å²) in [6, 6.07) is 8.72. The normalized spacial score (nSPS) is 12.9. The molecule has 3 nitrogen and oxygen atoms in total. The number of nitrogens with zero attached hydrogens (tertiary/aromatic N) is 1. The van der Waals surface area contributed by atoms with Crippen molar-refractivity contribution in [1.82, 2.24) is 15.3 Å². The van der Waals surface area contributed by atoms with Crippen LogP contribution in [0.4, 0.5) is 0 Å². The third-order valence-corrected chi connectivity index (χ3v) is 4.16. The van der Waals surface area contributed by atoms with Gasteiger partial charge >= 0.3 is 0 Å². The molecule has 0 fully saturated rings. The number of hydrogen-bond acceptors (Lipinski definition) is 3. The van der Waals surface area contributed by atoms with Gasteiger partial charge in [0.15, 0.2) is 0 Å². The number of fused-ring (bicyclic) bond motifs is 1. The Labute approximate surface area is 110 Å². The molecule has 0 aliphatic carbocycles. The van der Waals surface area contributed by atoms with Gasteiger partial charge in [0.1, 0.15) is 5.65 Å². The van der Waals surface area contributed by atoms with Crippen LogP contribution in [0.15, 0.2) is 42.0 Å². The summed E-state index contributed by atoms with van der Waals surface area (Å²) in [5, 5.41) is 6.85. The molecular weight excluding hydrogens is 242 g/mol. The SMILES string of the molecule is C[C@H](NCc1c[nH]c2ncccc12)c1cccs1. The van der Waals surface area contributed by atoms with E-state index in [0.717, 1.165) is 12.2 Å². The number of pyridine rings is 1. The van der Waals surface area contributed by atoms with E-state index in [0.29, 0.717) is 6.04 Å². The largest absolute Gasteiger partial charge is 0.346 e. The highest BCUT2D eigenvalue weighted by atomic mass is 32.1. The lowest BCUT2D eigenvalue weighted by Crippen LogP contribution is -2.16. The van der Waals surface area contributed by atoms with Gasteiger partial charge in [0.05, 0.1) is 0 Å². The van der Waals surface area contributed by atoms with Crippen molar-refractivity contribution >= 4 is 22.4 Å². The lowest BCUT2D eigenvalue weighted by molar-refractivity contribution is 0.585.